The molecule has 0 aromatic heterocycles. The minimum atomic E-state index is -4.80. The molecule has 0 saturated carbocycles. The maximum atomic E-state index is 13.0. The lowest BCUT2D eigenvalue weighted by molar-refractivity contribution is -0.187. The molecule has 3 nitrogen and oxygen atoms in total. The minimum absolute atomic E-state index is 0.0127. The number of rotatable bonds is 2. The van der Waals surface area contributed by atoms with Gasteiger partial charge in [-0.2, -0.15) is 13.2 Å². The van der Waals surface area contributed by atoms with E-state index in [4.69, 9.17) is 9.84 Å². The summed E-state index contributed by atoms with van der Waals surface area (Å²) in [7, 11) is 0. The Morgan fingerprint density at radius 3 is 2.35 bits per heavy atom. The summed E-state index contributed by atoms with van der Waals surface area (Å²) in [6, 6.07) is 13.9. The Morgan fingerprint density at radius 2 is 1.74 bits per heavy atom. The highest BCUT2D eigenvalue weighted by molar-refractivity contribution is 5.95. The highest BCUT2D eigenvalue weighted by Gasteiger charge is 2.48. The molecule has 1 atom stereocenters. The van der Waals surface area contributed by atoms with Gasteiger partial charge in [0.15, 0.2) is 0 Å². The number of ether oxygens (including phenoxy) is 1. The van der Waals surface area contributed by atoms with Gasteiger partial charge in [-0.15, -0.1) is 0 Å². The SMILES string of the molecule is O=C(O)C1=Cc2ccc(-c3ccccc3)cc2OC1C(F)(F)F. The van der Waals surface area contributed by atoms with Crippen molar-refractivity contribution in [2.45, 2.75) is 12.3 Å². The number of aliphatic carboxylic acids is 1. The van der Waals surface area contributed by atoms with Crippen molar-refractivity contribution < 1.29 is 27.8 Å². The summed E-state index contributed by atoms with van der Waals surface area (Å²) >= 11 is 0. The van der Waals surface area contributed by atoms with E-state index in [0.29, 0.717) is 11.1 Å². The van der Waals surface area contributed by atoms with Crippen LogP contribution in [-0.2, 0) is 4.79 Å². The first-order valence-electron chi connectivity index (χ1n) is 6.74. The van der Waals surface area contributed by atoms with Gasteiger partial charge in [0.05, 0.1) is 5.57 Å². The fourth-order valence-electron chi connectivity index (χ4n) is 2.42. The molecule has 1 aliphatic heterocycles. The summed E-state index contributed by atoms with van der Waals surface area (Å²) in [5.41, 5.74) is 1.01. The van der Waals surface area contributed by atoms with Crippen LogP contribution in [0.4, 0.5) is 13.2 Å². The van der Waals surface area contributed by atoms with Gasteiger partial charge in [-0.25, -0.2) is 4.79 Å². The van der Waals surface area contributed by atoms with E-state index in [1.54, 1.807) is 12.1 Å². The van der Waals surface area contributed by atoms with Gasteiger partial charge in [0.25, 0.3) is 0 Å². The van der Waals surface area contributed by atoms with E-state index in [9.17, 15) is 18.0 Å². The minimum Gasteiger partial charge on any atom is -0.478 e. The molecule has 0 amide bonds. The van der Waals surface area contributed by atoms with Crippen molar-refractivity contribution in [1.29, 1.82) is 0 Å². The highest BCUT2D eigenvalue weighted by Crippen LogP contribution is 2.39. The van der Waals surface area contributed by atoms with Crippen molar-refractivity contribution in [3.8, 4) is 16.9 Å². The van der Waals surface area contributed by atoms with Crippen molar-refractivity contribution >= 4 is 12.0 Å². The van der Waals surface area contributed by atoms with Crippen LogP contribution in [0.3, 0.4) is 0 Å². The lowest BCUT2D eigenvalue weighted by Crippen LogP contribution is -2.40. The molecule has 1 unspecified atom stereocenters. The second kappa shape index (κ2) is 5.46. The van der Waals surface area contributed by atoms with Gasteiger partial charge in [-0.1, -0.05) is 42.5 Å². The predicted molar refractivity (Wildman–Crippen MR) is 78.0 cm³/mol. The molecule has 23 heavy (non-hydrogen) atoms. The second-order valence-corrected chi connectivity index (χ2v) is 5.06. The van der Waals surface area contributed by atoms with Gasteiger partial charge in [0.1, 0.15) is 5.75 Å². The van der Waals surface area contributed by atoms with E-state index in [0.717, 1.165) is 11.6 Å². The molecule has 1 aliphatic rings. The van der Waals surface area contributed by atoms with Crippen LogP contribution in [0.1, 0.15) is 5.56 Å². The van der Waals surface area contributed by atoms with Crippen molar-refractivity contribution in [2.75, 3.05) is 0 Å². The molecular weight excluding hydrogens is 309 g/mol. The van der Waals surface area contributed by atoms with Gasteiger partial charge in [-0.3, -0.25) is 0 Å². The smallest absolute Gasteiger partial charge is 0.430 e. The van der Waals surface area contributed by atoms with Gasteiger partial charge in [0, 0.05) is 5.56 Å². The van der Waals surface area contributed by atoms with Gasteiger partial charge in [-0.05, 0) is 23.3 Å². The Morgan fingerprint density at radius 1 is 1.04 bits per heavy atom. The van der Waals surface area contributed by atoms with E-state index in [1.807, 2.05) is 30.3 Å². The Bertz CT molecular complexity index is 779. The van der Waals surface area contributed by atoms with E-state index in [-0.39, 0.29) is 5.75 Å². The number of carboxylic acids is 1. The summed E-state index contributed by atoms with van der Waals surface area (Å²) < 4.78 is 44.1. The van der Waals surface area contributed by atoms with Crippen molar-refractivity contribution in [2.24, 2.45) is 0 Å². The topological polar surface area (TPSA) is 46.5 Å². The Hall–Kier alpha value is -2.76. The predicted octanol–water partition coefficient (Wildman–Crippen LogP) is 4.14. The van der Waals surface area contributed by atoms with E-state index >= 15 is 0 Å². The Kier molecular flexibility index (Phi) is 3.60. The maximum absolute atomic E-state index is 13.0. The number of hydrogen-bond acceptors (Lipinski definition) is 2. The zero-order chi connectivity index (χ0) is 16.6. The first-order chi connectivity index (χ1) is 10.9. The third-order valence-electron chi connectivity index (χ3n) is 3.50. The average Bonchev–Trinajstić information content (AvgIpc) is 2.53. The molecule has 1 heterocycles. The van der Waals surface area contributed by atoms with Crippen LogP contribution in [0, 0.1) is 0 Å². The number of benzene rings is 2. The van der Waals surface area contributed by atoms with Crippen LogP contribution < -0.4 is 4.74 Å². The van der Waals surface area contributed by atoms with Crippen molar-refractivity contribution in [3.05, 3.63) is 59.7 Å². The molecule has 2 aromatic carbocycles. The lowest BCUT2D eigenvalue weighted by Gasteiger charge is -2.27. The van der Waals surface area contributed by atoms with E-state index in [1.165, 1.54) is 6.07 Å². The molecule has 2 aromatic rings. The summed E-state index contributed by atoms with van der Waals surface area (Å²) in [4.78, 5) is 11.1. The zero-order valence-corrected chi connectivity index (χ0v) is 11.7. The fourth-order valence-corrected chi connectivity index (χ4v) is 2.42. The highest BCUT2D eigenvalue weighted by atomic mass is 19.4. The zero-order valence-electron chi connectivity index (χ0n) is 11.7. The Balaban J connectivity index is 2.07. The first-order valence-corrected chi connectivity index (χ1v) is 6.74. The number of carboxylic acid groups (broad SMARTS) is 1. The molecule has 0 spiro atoms. The third kappa shape index (κ3) is 2.92. The largest absolute Gasteiger partial charge is 0.478 e. The molecular formula is C17H11F3O3. The number of hydrogen-bond donors (Lipinski definition) is 1. The summed E-state index contributed by atoms with van der Waals surface area (Å²) in [5, 5.41) is 8.98. The molecule has 0 aliphatic carbocycles. The molecule has 1 N–H and O–H groups in total. The van der Waals surface area contributed by atoms with E-state index in [2.05, 4.69) is 0 Å². The molecule has 3 rings (SSSR count). The van der Waals surface area contributed by atoms with Crippen LogP contribution in [0.25, 0.3) is 17.2 Å². The molecule has 118 valence electrons. The van der Waals surface area contributed by atoms with Crippen LogP contribution in [0.5, 0.6) is 5.75 Å². The first kappa shape index (κ1) is 15.1. The summed E-state index contributed by atoms with van der Waals surface area (Å²) in [6.07, 6.45) is -6.27. The molecule has 0 radical (unpaired) electrons. The number of alkyl halides is 3. The molecule has 0 saturated heterocycles. The second-order valence-electron chi connectivity index (χ2n) is 5.06. The quantitative estimate of drug-likeness (QED) is 0.904. The monoisotopic (exact) mass is 320 g/mol. The Labute approximate surface area is 129 Å². The number of halogens is 3. The van der Waals surface area contributed by atoms with Gasteiger partial charge in [0.2, 0.25) is 6.10 Å². The number of carbonyl (C=O) groups is 1. The van der Waals surface area contributed by atoms with Gasteiger partial charge < -0.3 is 9.84 Å². The van der Waals surface area contributed by atoms with Crippen LogP contribution >= 0.6 is 0 Å². The number of fused-ring (bicyclic) bond motifs is 1. The van der Waals surface area contributed by atoms with E-state index < -0.39 is 23.8 Å². The van der Waals surface area contributed by atoms with Crippen LogP contribution in [0.2, 0.25) is 0 Å². The van der Waals surface area contributed by atoms with Gasteiger partial charge >= 0.3 is 12.1 Å². The molecule has 0 fully saturated rings. The summed E-state index contributed by atoms with van der Waals surface area (Å²) in [6.45, 7) is 0. The average molecular weight is 320 g/mol. The van der Waals surface area contributed by atoms with Crippen LogP contribution in [-0.4, -0.2) is 23.4 Å². The standard InChI is InChI=1S/C17H11F3O3/c18-17(19,20)15-13(16(21)22)8-12-7-6-11(9-14(12)23-15)10-4-2-1-3-5-10/h1-9,15H,(H,21,22). The maximum Gasteiger partial charge on any atom is 0.430 e. The lowest BCUT2D eigenvalue weighted by atomic mass is 9.98. The van der Waals surface area contributed by atoms with Crippen molar-refractivity contribution in [1.82, 2.24) is 0 Å². The summed E-state index contributed by atoms with van der Waals surface area (Å²) in [5.74, 6) is -1.64. The third-order valence-corrected chi connectivity index (χ3v) is 3.50. The molecule has 6 heteroatoms. The van der Waals surface area contributed by atoms with Crippen molar-refractivity contribution in [3.63, 3.8) is 0 Å². The van der Waals surface area contributed by atoms with Crippen LogP contribution in [0.15, 0.2) is 54.1 Å². The fraction of sp³-hybridized carbons (Fsp3) is 0.118. The molecule has 0 bridgehead atoms. The normalized spacial score (nSPS) is 17.0.